The number of carboxylic acid groups (broad SMARTS) is 1. The molecule has 0 amide bonds. The Morgan fingerprint density at radius 1 is 1.47 bits per heavy atom. The molecule has 0 bridgehead atoms. The van der Waals surface area contributed by atoms with Gasteiger partial charge in [0.2, 0.25) is 0 Å². The predicted octanol–water partition coefficient (Wildman–Crippen LogP) is 0.602. The molecule has 2 atom stereocenters. The van der Waals surface area contributed by atoms with Crippen LogP contribution in [0.4, 0.5) is 0 Å². The quantitative estimate of drug-likeness (QED) is 0.628. The van der Waals surface area contributed by atoms with Crippen LogP contribution in [0.3, 0.4) is 0 Å². The van der Waals surface area contributed by atoms with Gasteiger partial charge in [0.05, 0.1) is 5.60 Å². The van der Waals surface area contributed by atoms with Gasteiger partial charge in [0.25, 0.3) is 0 Å². The van der Waals surface area contributed by atoms with E-state index in [0.717, 1.165) is 12.8 Å². The molecule has 1 aliphatic heterocycles. The molecule has 0 aromatic carbocycles. The van der Waals surface area contributed by atoms with E-state index in [1.54, 1.807) is 0 Å². The molecule has 1 aliphatic carbocycles. The van der Waals surface area contributed by atoms with Gasteiger partial charge >= 0.3 is 5.97 Å². The van der Waals surface area contributed by atoms with Crippen molar-refractivity contribution in [2.24, 2.45) is 11.3 Å². The zero-order chi connectivity index (χ0) is 11.1. The third-order valence-electron chi connectivity index (χ3n) is 4.13. The van der Waals surface area contributed by atoms with Crippen LogP contribution in [-0.2, 0) is 4.79 Å². The van der Waals surface area contributed by atoms with E-state index >= 15 is 0 Å². The molecule has 2 aliphatic rings. The number of nitrogens with one attached hydrogen (secondary N) is 1. The Hall–Kier alpha value is -0.610. The summed E-state index contributed by atoms with van der Waals surface area (Å²) in [6.07, 6.45) is 3.30. The summed E-state index contributed by atoms with van der Waals surface area (Å²) in [6.45, 7) is 2.91. The van der Waals surface area contributed by atoms with Crippen molar-refractivity contribution in [1.82, 2.24) is 5.32 Å². The third-order valence-corrected chi connectivity index (χ3v) is 4.13. The van der Waals surface area contributed by atoms with Crippen LogP contribution in [-0.4, -0.2) is 34.9 Å². The standard InChI is InChI=1S/C11H19NO3/c1-8-3-2-4-11(15,5-8)10(9(13)14)6-12-7-10/h8,12,15H,2-7H2,1H3,(H,13,14). The van der Waals surface area contributed by atoms with Gasteiger partial charge in [0.15, 0.2) is 0 Å². The van der Waals surface area contributed by atoms with E-state index < -0.39 is 17.0 Å². The Balaban J connectivity index is 2.22. The molecule has 86 valence electrons. The average molecular weight is 213 g/mol. The molecule has 2 unspecified atom stereocenters. The molecular formula is C11H19NO3. The summed E-state index contributed by atoms with van der Waals surface area (Å²) >= 11 is 0. The first-order chi connectivity index (χ1) is 7.00. The van der Waals surface area contributed by atoms with Gasteiger partial charge in [-0.15, -0.1) is 0 Å². The average Bonchev–Trinajstić information content (AvgIpc) is 1.98. The molecule has 1 saturated carbocycles. The Morgan fingerprint density at radius 2 is 2.13 bits per heavy atom. The third kappa shape index (κ3) is 1.47. The minimum Gasteiger partial charge on any atom is -0.481 e. The van der Waals surface area contributed by atoms with Crippen molar-refractivity contribution in [2.45, 2.75) is 38.2 Å². The predicted molar refractivity (Wildman–Crippen MR) is 55.5 cm³/mol. The molecule has 4 heteroatoms. The number of carbonyl (C=O) groups is 1. The zero-order valence-electron chi connectivity index (χ0n) is 9.12. The van der Waals surface area contributed by atoms with Crippen LogP contribution >= 0.6 is 0 Å². The number of rotatable bonds is 2. The fourth-order valence-electron chi connectivity index (χ4n) is 3.01. The van der Waals surface area contributed by atoms with Gasteiger partial charge < -0.3 is 15.5 Å². The van der Waals surface area contributed by atoms with E-state index in [1.165, 1.54) is 0 Å². The van der Waals surface area contributed by atoms with Crippen LogP contribution in [0.5, 0.6) is 0 Å². The van der Waals surface area contributed by atoms with Crippen LogP contribution in [0, 0.1) is 11.3 Å². The SMILES string of the molecule is CC1CCCC(O)(C2(C(=O)O)CNC2)C1. The van der Waals surface area contributed by atoms with Gasteiger partial charge in [-0.2, -0.15) is 0 Å². The summed E-state index contributed by atoms with van der Waals surface area (Å²) in [6, 6.07) is 0. The lowest BCUT2D eigenvalue weighted by Gasteiger charge is -2.53. The van der Waals surface area contributed by atoms with E-state index in [2.05, 4.69) is 12.2 Å². The Labute approximate surface area is 89.7 Å². The second-order valence-corrected chi connectivity index (χ2v) is 5.22. The molecular weight excluding hydrogens is 194 g/mol. The number of aliphatic hydroxyl groups is 1. The number of hydrogen-bond donors (Lipinski definition) is 3. The van der Waals surface area contributed by atoms with E-state index in [1.807, 2.05) is 0 Å². The summed E-state index contributed by atoms with van der Waals surface area (Å²) in [5, 5.41) is 22.8. The normalized spacial score (nSPS) is 39.5. The highest BCUT2D eigenvalue weighted by atomic mass is 16.4. The highest BCUT2D eigenvalue weighted by molar-refractivity contribution is 5.78. The van der Waals surface area contributed by atoms with Gasteiger partial charge in [-0.25, -0.2) is 0 Å². The van der Waals surface area contributed by atoms with Gasteiger partial charge in [0.1, 0.15) is 5.41 Å². The van der Waals surface area contributed by atoms with Crippen LogP contribution in [0.1, 0.15) is 32.6 Å². The van der Waals surface area contributed by atoms with Crippen molar-refractivity contribution in [3.05, 3.63) is 0 Å². The lowest BCUT2D eigenvalue weighted by molar-refractivity contribution is -0.187. The maximum Gasteiger partial charge on any atom is 0.315 e. The number of hydrogen-bond acceptors (Lipinski definition) is 3. The molecule has 0 radical (unpaired) electrons. The summed E-state index contributed by atoms with van der Waals surface area (Å²) in [5.74, 6) is -0.418. The molecule has 3 N–H and O–H groups in total. The maximum absolute atomic E-state index is 11.3. The first-order valence-corrected chi connectivity index (χ1v) is 5.67. The smallest absolute Gasteiger partial charge is 0.315 e. The van der Waals surface area contributed by atoms with Crippen molar-refractivity contribution in [3.63, 3.8) is 0 Å². The minimum absolute atomic E-state index is 0.408. The van der Waals surface area contributed by atoms with E-state index in [4.69, 9.17) is 0 Å². The minimum atomic E-state index is -0.998. The molecule has 4 nitrogen and oxygen atoms in total. The number of aliphatic carboxylic acids is 1. The van der Waals surface area contributed by atoms with Gasteiger partial charge in [0, 0.05) is 13.1 Å². The molecule has 0 spiro atoms. The van der Waals surface area contributed by atoms with Crippen molar-refractivity contribution in [2.75, 3.05) is 13.1 Å². The number of carboxylic acids is 1. The first kappa shape index (κ1) is 10.9. The van der Waals surface area contributed by atoms with Crippen molar-refractivity contribution in [1.29, 1.82) is 0 Å². The first-order valence-electron chi connectivity index (χ1n) is 5.67. The van der Waals surface area contributed by atoms with Crippen LogP contribution in [0.2, 0.25) is 0 Å². The largest absolute Gasteiger partial charge is 0.481 e. The Bertz CT molecular complexity index is 275. The van der Waals surface area contributed by atoms with Gasteiger partial charge in [-0.05, 0) is 18.8 Å². The van der Waals surface area contributed by atoms with Crippen LogP contribution < -0.4 is 5.32 Å². The zero-order valence-corrected chi connectivity index (χ0v) is 9.12. The van der Waals surface area contributed by atoms with Crippen LogP contribution in [0.25, 0.3) is 0 Å². The lowest BCUT2D eigenvalue weighted by Crippen LogP contribution is -2.70. The Morgan fingerprint density at radius 3 is 2.53 bits per heavy atom. The van der Waals surface area contributed by atoms with Crippen molar-refractivity contribution in [3.8, 4) is 0 Å². The highest BCUT2D eigenvalue weighted by Crippen LogP contribution is 2.46. The molecule has 0 aromatic rings. The summed E-state index contributed by atoms with van der Waals surface area (Å²) in [5.41, 5.74) is -1.93. The monoisotopic (exact) mass is 213 g/mol. The second-order valence-electron chi connectivity index (χ2n) is 5.22. The van der Waals surface area contributed by atoms with Crippen molar-refractivity contribution >= 4 is 5.97 Å². The van der Waals surface area contributed by atoms with Gasteiger partial charge in [-0.3, -0.25) is 4.79 Å². The fourth-order valence-corrected chi connectivity index (χ4v) is 3.01. The maximum atomic E-state index is 11.3. The van der Waals surface area contributed by atoms with Gasteiger partial charge in [-0.1, -0.05) is 19.8 Å². The van der Waals surface area contributed by atoms with E-state index in [-0.39, 0.29) is 0 Å². The summed E-state index contributed by atoms with van der Waals surface area (Å²) in [4.78, 5) is 11.3. The van der Waals surface area contributed by atoms with Crippen LogP contribution in [0.15, 0.2) is 0 Å². The van der Waals surface area contributed by atoms with Crippen molar-refractivity contribution < 1.29 is 15.0 Å². The molecule has 2 fully saturated rings. The molecule has 0 aromatic heterocycles. The fraction of sp³-hybridized carbons (Fsp3) is 0.909. The molecule has 1 saturated heterocycles. The van der Waals surface area contributed by atoms with E-state index in [0.29, 0.717) is 31.8 Å². The van der Waals surface area contributed by atoms with E-state index in [9.17, 15) is 15.0 Å². The lowest BCUT2D eigenvalue weighted by atomic mass is 9.60. The summed E-state index contributed by atoms with van der Waals surface area (Å²) < 4.78 is 0. The Kier molecular flexibility index (Phi) is 2.51. The highest BCUT2D eigenvalue weighted by Gasteiger charge is 2.60. The molecule has 2 rings (SSSR count). The molecule has 15 heavy (non-hydrogen) atoms. The second kappa shape index (κ2) is 3.46. The summed E-state index contributed by atoms with van der Waals surface area (Å²) in [7, 11) is 0. The molecule has 1 heterocycles. The topological polar surface area (TPSA) is 69.6 Å².